The molecule has 1 unspecified atom stereocenters. The molecular weight excluding hydrogens is 558 g/mol. The Morgan fingerprint density at radius 2 is 1.72 bits per heavy atom. The SMILES string of the molecule is CC1CC(C(F)(F)F)=Cc2c1cc(C(=O)c1c(Cl)ccc(C=O)c1Cl)n2C.CN1CCN(CC=O)CC1.CO. The maximum absolute atomic E-state index is 13.1. The number of fused-ring (bicyclic) bond motifs is 1. The monoisotopic (exact) mass is 589 g/mol. The second-order valence-electron chi connectivity index (χ2n) is 9.24. The van der Waals surface area contributed by atoms with Crippen LogP contribution < -0.4 is 0 Å². The number of aromatic nitrogens is 1. The number of aldehydes is 2. The zero-order valence-corrected chi connectivity index (χ0v) is 23.7. The van der Waals surface area contributed by atoms with Gasteiger partial charge in [0.1, 0.15) is 6.29 Å². The second-order valence-corrected chi connectivity index (χ2v) is 10.0. The lowest BCUT2D eigenvalue weighted by atomic mass is 9.87. The van der Waals surface area contributed by atoms with Gasteiger partial charge in [-0.15, -0.1) is 0 Å². The van der Waals surface area contributed by atoms with E-state index in [1.807, 2.05) is 0 Å². The van der Waals surface area contributed by atoms with Crippen molar-refractivity contribution in [3.63, 3.8) is 0 Å². The molecule has 1 aliphatic carbocycles. The van der Waals surface area contributed by atoms with E-state index in [0.29, 0.717) is 24.1 Å². The molecule has 0 radical (unpaired) electrons. The molecule has 2 heterocycles. The summed E-state index contributed by atoms with van der Waals surface area (Å²) in [6, 6.07) is 4.34. The molecule has 1 aliphatic heterocycles. The highest BCUT2D eigenvalue weighted by atomic mass is 35.5. The van der Waals surface area contributed by atoms with Crippen molar-refractivity contribution in [1.29, 1.82) is 0 Å². The highest BCUT2D eigenvalue weighted by molar-refractivity contribution is 6.42. The summed E-state index contributed by atoms with van der Waals surface area (Å²) < 4.78 is 40.8. The number of carbonyl (C=O) groups is 3. The van der Waals surface area contributed by atoms with E-state index in [1.165, 1.54) is 23.7 Å². The minimum Gasteiger partial charge on any atom is -0.400 e. The standard InChI is InChI=1S/C19H14Cl2F3NO2.C7H14N2O.CH4O/c1-9-5-11(19(22,23)24)6-14-12(9)7-15(25(14)2)18(27)16-13(20)4-3-10(8-26)17(16)21;1-8-2-4-9(5-3-8)6-7-10;1-2/h3-4,6-9H,5H2,1-2H3;7H,2-6H2,1H3;2H,1H3. The zero-order valence-electron chi connectivity index (χ0n) is 22.2. The number of rotatable bonds is 5. The molecule has 1 saturated heterocycles. The zero-order chi connectivity index (χ0) is 29.5. The Bertz CT molecular complexity index is 1220. The van der Waals surface area contributed by atoms with E-state index in [9.17, 15) is 27.6 Å². The summed E-state index contributed by atoms with van der Waals surface area (Å²) in [4.78, 5) is 38.7. The van der Waals surface area contributed by atoms with Crippen molar-refractivity contribution in [2.75, 3.05) is 46.9 Å². The van der Waals surface area contributed by atoms with Gasteiger partial charge in [0.2, 0.25) is 5.78 Å². The van der Waals surface area contributed by atoms with E-state index in [4.69, 9.17) is 28.3 Å². The van der Waals surface area contributed by atoms with Crippen LogP contribution in [-0.4, -0.2) is 90.9 Å². The van der Waals surface area contributed by atoms with Crippen LogP contribution in [0.25, 0.3) is 6.08 Å². The van der Waals surface area contributed by atoms with E-state index in [0.717, 1.165) is 45.7 Å². The number of likely N-dealkylation sites (N-methyl/N-ethyl adjacent to an activating group) is 1. The average Bonchev–Trinajstić information content (AvgIpc) is 3.24. The highest BCUT2D eigenvalue weighted by Gasteiger charge is 2.38. The fraction of sp³-hybridized carbons (Fsp3) is 0.444. The molecule has 0 bridgehead atoms. The summed E-state index contributed by atoms with van der Waals surface area (Å²) >= 11 is 12.2. The van der Waals surface area contributed by atoms with Crippen molar-refractivity contribution < 1.29 is 32.7 Å². The van der Waals surface area contributed by atoms with Crippen LogP contribution in [0.5, 0.6) is 0 Å². The summed E-state index contributed by atoms with van der Waals surface area (Å²) in [5.41, 5.74) is 0.542. The van der Waals surface area contributed by atoms with Crippen molar-refractivity contribution in [3.8, 4) is 0 Å². The largest absolute Gasteiger partial charge is 0.412 e. The van der Waals surface area contributed by atoms with Gasteiger partial charge in [-0.1, -0.05) is 30.1 Å². The van der Waals surface area contributed by atoms with Crippen molar-refractivity contribution in [1.82, 2.24) is 14.4 Å². The first-order valence-corrected chi connectivity index (χ1v) is 12.9. The third-order valence-electron chi connectivity index (χ3n) is 6.68. The van der Waals surface area contributed by atoms with E-state index in [-0.39, 0.29) is 33.3 Å². The van der Waals surface area contributed by atoms with Crippen molar-refractivity contribution >= 4 is 47.6 Å². The molecule has 4 rings (SSSR count). The molecule has 0 spiro atoms. The van der Waals surface area contributed by atoms with Crippen LogP contribution in [0.4, 0.5) is 13.2 Å². The minimum absolute atomic E-state index is 0.0476. The van der Waals surface area contributed by atoms with Gasteiger partial charge in [-0.05, 0) is 49.2 Å². The Hall–Kier alpha value is -2.50. The van der Waals surface area contributed by atoms with Gasteiger partial charge >= 0.3 is 6.18 Å². The van der Waals surface area contributed by atoms with Gasteiger partial charge in [0, 0.05) is 57.2 Å². The van der Waals surface area contributed by atoms with E-state index >= 15 is 0 Å². The van der Waals surface area contributed by atoms with Gasteiger partial charge < -0.3 is 19.4 Å². The van der Waals surface area contributed by atoms with Gasteiger partial charge in [-0.3, -0.25) is 14.5 Å². The molecule has 1 aromatic heterocycles. The molecule has 0 saturated carbocycles. The lowest BCUT2D eigenvalue weighted by Gasteiger charge is -2.30. The number of hydrogen-bond acceptors (Lipinski definition) is 6. The van der Waals surface area contributed by atoms with Crippen molar-refractivity contribution in [3.05, 3.63) is 61.9 Å². The number of aliphatic hydroxyl groups is 1. The Morgan fingerprint density at radius 1 is 1.10 bits per heavy atom. The molecular formula is C27H32Cl2F3N3O4. The molecule has 2 aromatic rings. The lowest BCUT2D eigenvalue weighted by molar-refractivity contribution is -0.109. The minimum atomic E-state index is -4.43. The predicted molar refractivity (Wildman–Crippen MR) is 146 cm³/mol. The predicted octanol–water partition coefficient (Wildman–Crippen LogP) is 4.87. The van der Waals surface area contributed by atoms with Crippen LogP contribution in [0.15, 0.2) is 23.8 Å². The quantitative estimate of drug-likeness (QED) is 0.396. The topological polar surface area (TPSA) is 82.9 Å². The maximum atomic E-state index is 13.1. The Kier molecular flexibility index (Phi) is 11.9. The summed E-state index contributed by atoms with van der Waals surface area (Å²) in [7, 11) is 4.62. The van der Waals surface area contributed by atoms with Crippen LogP contribution in [-0.2, 0) is 11.8 Å². The first-order valence-electron chi connectivity index (χ1n) is 12.1. The van der Waals surface area contributed by atoms with Gasteiger partial charge in [0.25, 0.3) is 0 Å². The molecule has 1 atom stereocenters. The first kappa shape index (κ1) is 32.7. The highest BCUT2D eigenvalue weighted by Crippen LogP contribution is 2.42. The summed E-state index contributed by atoms with van der Waals surface area (Å²) in [5, 5.41) is 6.98. The molecule has 1 fully saturated rings. The van der Waals surface area contributed by atoms with Crippen LogP contribution >= 0.6 is 23.2 Å². The molecule has 1 aromatic carbocycles. The number of benzene rings is 1. The summed E-state index contributed by atoms with van der Waals surface area (Å²) in [6.45, 7) is 6.54. The number of alkyl halides is 3. The maximum Gasteiger partial charge on any atom is 0.412 e. The number of piperazine rings is 1. The van der Waals surface area contributed by atoms with E-state index in [1.54, 1.807) is 13.0 Å². The summed E-state index contributed by atoms with van der Waals surface area (Å²) in [5.74, 6) is -0.957. The smallest absolute Gasteiger partial charge is 0.400 e. The number of allylic oxidation sites excluding steroid dienone is 1. The van der Waals surface area contributed by atoms with Crippen molar-refractivity contribution in [2.45, 2.75) is 25.4 Å². The summed E-state index contributed by atoms with van der Waals surface area (Å²) in [6.07, 6.45) is -2.03. The number of hydrogen-bond donors (Lipinski definition) is 1. The number of aliphatic hydroxyl groups excluding tert-OH is 1. The van der Waals surface area contributed by atoms with Crippen LogP contribution in [0.2, 0.25) is 10.0 Å². The molecule has 39 heavy (non-hydrogen) atoms. The number of nitrogens with zero attached hydrogens (tertiary/aromatic N) is 3. The van der Waals surface area contributed by atoms with Gasteiger partial charge in [0.05, 0.1) is 27.8 Å². The van der Waals surface area contributed by atoms with Gasteiger partial charge in [-0.25, -0.2) is 0 Å². The van der Waals surface area contributed by atoms with Gasteiger partial charge in [0.15, 0.2) is 6.29 Å². The molecule has 214 valence electrons. The lowest BCUT2D eigenvalue weighted by Crippen LogP contribution is -2.44. The van der Waals surface area contributed by atoms with Crippen LogP contribution in [0.1, 0.15) is 56.9 Å². The van der Waals surface area contributed by atoms with Crippen LogP contribution in [0.3, 0.4) is 0 Å². The fourth-order valence-electron chi connectivity index (χ4n) is 4.43. The molecule has 2 aliphatic rings. The van der Waals surface area contributed by atoms with E-state index in [2.05, 4.69) is 16.8 Å². The molecule has 7 nitrogen and oxygen atoms in total. The normalized spacial score (nSPS) is 17.6. The Labute approximate surface area is 235 Å². The second kappa shape index (κ2) is 14.2. The van der Waals surface area contributed by atoms with Gasteiger partial charge in [-0.2, -0.15) is 13.2 Å². The molecule has 0 amide bonds. The third kappa shape index (κ3) is 7.79. The Balaban J connectivity index is 0.000000372. The molecule has 12 heteroatoms. The number of halogens is 5. The van der Waals surface area contributed by atoms with E-state index < -0.39 is 23.5 Å². The fourth-order valence-corrected chi connectivity index (χ4v) is 5.01. The molecule has 1 N–H and O–H groups in total. The number of carbonyl (C=O) groups excluding carboxylic acids is 3. The Morgan fingerprint density at radius 3 is 2.26 bits per heavy atom. The average molecular weight is 590 g/mol. The van der Waals surface area contributed by atoms with Crippen molar-refractivity contribution in [2.24, 2.45) is 7.05 Å². The first-order chi connectivity index (χ1) is 18.4. The van der Waals surface area contributed by atoms with Crippen LogP contribution in [0, 0.1) is 0 Å². The third-order valence-corrected chi connectivity index (χ3v) is 7.40. The number of ketones is 1.